The van der Waals surface area contributed by atoms with Gasteiger partial charge >= 0.3 is 6.16 Å². The molecule has 3 aromatic carbocycles. The minimum atomic E-state index is -4.41. The predicted octanol–water partition coefficient (Wildman–Crippen LogP) is 4.17. The van der Waals surface area contributed by atoms with E-state index in [1.54, 1.807) is 24.3 Å². The highest BCUT2D eigenvalue weighted by molar-refractivity contribution is 7.93. The molecular weight excluding hydrogens is 441 g/mol. The summed E-state index contributed by atoms with van der Waals surface area (Å²) in [6, 6.07) is 16.0. The Morgan fingerprint density at radius 1 is 1.00 bits per heavy atom. The normalized spacial score (nSPS) is 16.0. The second-order valence-electron chi connectivity index (χ2n) is 6.83. The number of fused-ring (bicyclic) bond motifs is 2. The van der Waals surface area contributed by atoms with Crippen LogP contribution in [0.2, 0.25) is 0 Å². The molecule has 8 nitrogen and oxygen atoms in total. The summed E-state index contributed by atoms with van der Waals surface area (Å²) in [7, 11) is -4.41. The molecule has 0 spiro atoms. The van der Waals surface area contributed by atoms with Gasteiger partial charge in [0.05, 0.1) is 16.2 Å². The van der Waals surface area contributed by atoms with Crippen LogP contribution in [0.25, 0.3) is 5.57 Å². The topological polar surface area (TPSA) is 102 Å². The van der Waals surface area contributed by atoms with E-state index in [4.69, 9.17) is 14.2 Å². The molecule has 0 atom stereocenters. The van der Waals surface area contributed by atoms with Crippen molar-refractivity contribution in [1.82, 2.24) is 0 Å². The Hall–Kier alpha value is -4.05. The van der Waals surface area contributed by atoms with Crippen molar-refractivity contribution in [2.45, 2.75) is 4.90 Å². The van der Waals surface area contributed by atoms with Gasteiger partial charge in [-0.1, -0.05) is 36.4 Å². The lowest BCUT2D eigenvalue weighted by Crippen LogP contribution is -2.37. The van der Waals surface area contributed by atoms with Gasteiger partial charge in [-0.05, 0) is 35.9 Å². The van der Waals surface area contributed by atoms with Gasteiger partial charge in [0, 0.05) is 5.56 Å². The van der Waals surface area contributed by atoms with Gasteiger partial charge in [0.2, 0.25) is 12.7 Å². The van der Waals surface area contributed by atoms with Gasteiger partial charge in [-0.2, -0.15) is 4.31 Å². The van der Waals surface area contributed by atoms with Crippen LogP contribution in [0.5, 0.6) is 11.5 Å². The summed E-state index contributed by atoms with van der Waals surface area (Å²) in [6.45, 7) is 0.0165. The number of halogens is 1. The molecule has 0 bridgehead atoms. The van der Waals surface area contributed by atoms with Crippen LogP contribution in [0, 0.1) is 5.82 Å². The number of carboxylic acid groups (broad SMARTS) is 1. The van der Waals surface area contributed by atoms with Gasteiger partial charge in [-0.3, -0.25) is 0 Å². The van der Waals surface area contributed by atoms with Crippen LogP contribution in [0.4, 0.5) is 14.9 Å². The SMILES string of the molecule is O=C(O)OC1=C(c2ccc3c(c2)OCO3)c2ccccc2S(=O)(=O)N1c1ccccc1F. The van der Waals surface area contributed by atoms with Crippen LogP contribution in [0.1, 0.15) is 11.1 Å². The smallest absolute Gasteiger partial charge is 0.454 e. The number of carbonyl (C=O) groups is 1. The van der Waals surface area contributed by atoms with E-state index in [1.165, 1.54) is 36.4 Å². The van der Waals surface area contributed by atoms with Crippen molar-refractivity contribution < 1.29 is 36.9 Å². The Morgan fingerprint density at radius 3 is 2.50 bits per heavy atom. The molecule has 162 valence electrons. The Kier molecular flexibility index (Phi) is 4.52. The summed E-state index contributed by atoms with van der Waals surface area (Å²) < 4.78 is 58.1. The number of hydrogen-bond donors (Lipinski definition) is 1. The summed E-state index contributed by atoms with van der Waals surface area (Å²) in [5.74, 6) is -0.557. The molecule has 0 fully saturated rings. The van der Waals surface area contributed by atoms with Crippen LogP contribution < -0.4 is 13.8 Å². The highest BCUT2D eigenvalue weighted by atomic mass is 32.2. The largest absolute Gasteiger partial charge is 0.512 e. The Labute approximate surface area is 181 Å². The lowest BCUT2D eigenvalue weighted by atomic mass is 9.97. The maximum Gasteiger partial charge on any atom is 0.512 e. The van der Waals surface area contributed by atoms with Crippen molar-refractivity contribution >= 4 is 27.4 Å². The highest BCUT2D eigenvalue weighted by Crippen LogP contribution is 2.45. The van der Waals surface area contributed by atoms with Crippen molar-refractivity contribution in [3.05, 3.63) is 89.6 Å². The Balaban J connectivity index is 1.88. The van der Waals surface area contributed by atoms with Crippen LogP contribution in [-0.4, -0.2) is 26.5 Å². The Bertz CT molecular complexity index is 1400. The van der Waals surface area contributed by atoms with Crippen molar-refractivity contribution in [1.29, 1.82) is 0 Å². The Morgan fingerprint density at radius 2 is 1.72 bits per heavy atom. The highest BCUT2D eigenvalue weighted by Gasteiger charge is 2.42. The van der Waals surface area contributed by atoms with Crippen molar-refractivity contribution in [3.63, 3.8) is 0 Å². The first-order valence-electron chi connectivity index (χ1n) is 9.32. The van der Waals surface area contributed by atoms with E-state index in [0.717, 1.165) is 6.07 Å². The summed E-state index contributed by atoms with van der Waals surface area (Å²) in [5, 5.41) is 9.42. The van der Waals surface area contributed by atoms with Gasteiger partial charge < -0.3 is 19.3 Å². The molecule has 0 radical (unpaired) electrons. The molecule has 0 amide bonds. The molecule has 5 rings (SSSR count). The van der Waals surface area contributed by atoms with E-state index in [9.17, 15) is 22.7 Å². The molecule has 0 unspecified atom stereocenters. The van der Waals surface area contributed by atoms with Gasteiger partial charge in [0.25, 0.3) is 10.0 Å². The zero-order valence-corrected chi connectivity index (χ0v) is 17.0. The van der Waals surface area contributed by atoms with Gasteiger partial charge in [-0.15, -0.1) is 0 Å². The number of para-hydroxylation sites is 1. The second-order valence-corrected chi connectivity index (χ2v) is 8.59. The predicted molar refractivity (Wildman–Crippen MR) is 110 cm³/mol. The molecule has 3 aromatic rings. The minimum Gasteiger partial charge on any atom is -0.454 e. The molecule has 2 aliphatic rings. The summed E-state index contributed by atoms with van der Waals surface area (Å²) in [4.78, 5) is 11.5. The number of hydrogen-bond acceptors (Lipinski definition) is 6. The average molecular weight is 455 g/mol. The molecule has 0 aliphatic carbocycles. The zero-order valence-electron chi connectivity index (χ0n) is 16.2. The summed E-state index contributed by atoms with van der Waals surface area (Å²) in [5.41, 5.74) is 0.361. The van der Waals surface area contributed by atoms with E-state index in [1.807, 2.05) is 0 Å². The van der Waals surface area contributed by atoms with Gasteiger partial charge in [0.1, 0.15) is 5.82 Å². The van der Waals surface area contributed by atoms with Crippen molar-refractivity contribution in [2.24, 2.45) is 0 Å². The minimum absolute atomic E-state index is 0.0165. The number of rotatable bonds is 3. The van der Waals surface area contributed by atoms with E-state index in [2.05, 4.69) is 0 Å². The van der Waals surface area contributed by atoms with Gasteiger partial charge in [0.15, 0.2) is 11.5 Å². The first kappa shape index (κ1) is 19.9. The third-order valence-electron chi connectivity index (χ3n) is 4.99. The second kappa shape index (κ2) is 7.27. The fraction of sp³-hybridized carbons (Fsp3) is 0.0455. The molecule has 1 N–H and O–H groups in total. The molecule has 2 aliphatic heterocycles. The molecule has 0 aromatic heterocycles. The fourth-order valence-corrected chi connectivity index (χ4v) is 5.33. The number of ether oxygens (including phenoxy) is 3. The lowest BCUT2D eigenvalue weighted by Gasteiger charge is -2.32. The van der Waals surface area contributed by atoms with Crippen LogP contribution in [0.3, 0.4) is 0 Å². The zero-order chi connectivity index (χ0) is 22.5. The van der Waals surface area contributed by atoms with E-state index >= 15 is 0 Å². The van der Waals surface area contributed by atoms with Crippen LogP contribution in [-0.2, 0) is 14.8 Å². The summed E-state index contributed by atoms with van der Waals surface area (Å²) >= 11 is 0. The first-order chi connectivity index (χ1) is 15.4. The van der Waals surface area contributed by atoms with Crippen LogP contribution >= 0.6 is 0 Å². The fourth-order valence-electron chi connectivity index (χ4n) is 3.68. The van der Waals surface area contributed by atoms with Crippen molar-refractivity contribution in [2.75, 3.05) is 11.1 Å². The van der Waals surface area contributed by atoms with E-state index in [0.29, 0.717) is 21.4 Å². The standard InChI is InChI=1S/C22H14FNO7S/c23-15-6-2-3-7-16(15)24-21(31-22(25)26)20(13-9-10-17-18(11-13)30-12-29-17)14-5-1-4-8-19(14)32(24,27)28/h1-11H,12H2,(H,25,26). The third kappa shape index (κ3) is 3.04. The first-order valence-corrected chi connectivity index (χ1v) is 10.8. The molecule has 2 heterocycles. The van der Waals surface area contributed by atoms with Crippen LogP contribution in [0.15, 0.2) is 77.5 Å². The molecule has 10 heteroatoms. The average Bonchev–Trinajstić information content (AvgIpc) is 3.23. The van der Waals surface area contributed by atoms with E-state index < -0.39 is 27.9 Å². The number of anilines is 1. The molecular formula is C22H14FNO7S. The van der Waals surface area contributed by atoms with E-state index in [-0.39, 0.29) is 28.5 Å². The van der Waals surface area contributed by atoms with Crippen molar-refractivity contribution in [3.8, 4) is 11.5 Å². The number of sulfonamides is 1. The molecule has 0 saturated carbocycles. The maximum atomic E-state index is 14.7. The monoisotopic (exact) mass is 455 g/mol. The number of benzene rings is 3. The quantitative estimate of drug-likeness (QED) is 0.591. The molecule has 32 heavy (non-hydrogen) atoms. The number of nitrogens with zero attached hydrogens (tertiary/aromatic N) is 1. The lowest BCUT2D eigenvalue weighted by molar-refractivity contribution is 0.118. The maximum absolute atomic E-state index is 14.7. The third-order valence-corrected chi connectivity index (χ3v) is 6.74. The summed E-state index contributed by atoms with van der Waals surface area (Å²) in [6.07, 6.45) is -1.76. The van der Waals surface area contributed by atoms with Gasteiger partial charge in [-0.25, -0.2) is 17.6 Å². The molecule has 0 saturated heterocycles.